The lowest BCUT2D eigenvalue weighted by Gasteiger charge is -2.06. The molecular weight excluding hydrogens is 170 g/mol. The van der Waals surface area contributed by atoms with Gasteiger partial charge < -0.3 is 5.11 Å². The second kappa shape index (κ2) is 7.52. The predicted octanol–water partition coefficient (Wildman–Crippen LogP) is 0.547. The summed E-state index contributed by atoms with van der Waals surface area (Å²) in [7, 11) is 0. The number of hydrogen-bond donors (Lipinski definition) is 2. The van der Waals surface area contributed by atoms with E-state index >= 15 is 0 Å². The van der Waals surface area contributed by atoms with E-state index in [1.54, 1.807) is 6.08 Å². The van der Waals surface area contributed by atoms with Crippen LogP contribution in [0.5, 0.6) is 0 Å². The Kier molecular flexibility index (Phi) is 6.86. The first kappa shape index (κ1) is 11.9. The summed E-state index contributed by atoms with van der Waals surface area (Å²) < 4.78 is 0. The number of hydrogen-bond acceptors (Lipinski definition) is 3. The van der Waals surface area contributed by atoms with Crippen LogP contribution in [0.2, 0.25) is 0 Å². The zero-order valence-electron chi connectivity index (χ0n) is 7.53. The Balaban J connectivity index is 3.40. The highest BCUT2D eigenvalue weighted by Crippen LogP contribution is 1.91. The molecule has 74 valence electrons. The van der Waals surface area contributed by atoms with E-state index in [1.165, 1.54) is 6.08 Å². The van der Waals surface area contributed by atoms with Gasteiger partial charge in [0.25, 0.3) is 0 Å². The van der Waals surface area contributed by atoms with Crippen LogP contribution < -0.4 is 5.48 Å². The van der Waals surface area contributed by atoms with Gasteiger partial charge in [-0.25, -0.2) is 5.48 Å². The maximum Gasteiger partial charge on any atom is 0.246 e. The Labute approximate surface area is 77.9 Å². The molecule has 0 spiro atoms. The fraction of sp³-hybridized carbons (Fsp3) is 0.444. The van der Waals surface area contributed by atoms with Crippen molar-refractivity contribution >= 4 is 5.91 Å². The van der Waals surface area contributed by atoms with Crippen molar-refractivity contribution in [2.75, 3.05) is 6.61 Å². The highest BCUT2D eigenvalue weighted by Gasteiger charge is 2.06. The Morgan fingerprint density at radius 1 is 1.62 bits per heavy atom. The molecule has 1 atom stereocenters. The number of aliphatic hydroxyl groups excluding tert-OH is 1. The highest BCUT2D eigenvalue weighted by molar-refractivity contribution is 5.75. The number of amides is 1. The van der Waals surface area contributed by atoms with Crippen LogP contribution in [0.3, 0.4) is 0 Å². The molecule has 1 amide bonds. The summed E-state index contributed by atoms with van der Waals surface area (Å²) in [6.45, 7) is 7.22. The molecule has 4 heteroatoms. The van der Waals surface area contributed by atoms with Crippen LogP contribution >= 0.6 is 0 Å². The summed E-state index contributed by atoms with van der Waals surface area (Å²) in [6, 6.07) is 0. The van der Waals surface area contributed by atoms with E-state index in [0.717, 1.165) is 0 Å². The third-order valence-electron chi connectivity index (χ3n) is 1.28. The van der Waals surface area contributed by atoms with Gasteiger partial charge in [0.2, 0.25) is 5.91 Å². The second-order valence-electron chi connectivity index (χ2n) is 2.46. The van der Waals surface area contributed by atoms with Crippen molar-refractivity contribution in [3.8, 4) is 0 Å². The van der Waals surface area contributed by atoms with Gasteiger partial charge in [0, 0.05) is 0 Å². The van der Waals surface area contributed by atoms with Gasteiger partial charge in [-0.1, -0.05) is 12.2 Å². The standard InChI is InChI=1S/C9H15NO3/c1-3-5-6-13-10-9(12)7-8(11)4-2/h3-4,8,11H,1-2,5-7H2,(H,10,12)/t8-/m0/s1. The van der Waals surface area contributed by atoms with Crippen molar-refractivity contribution in [1.29, 1.82) is 0 Å². The number of carbonyl (C=O) groups excluding carboxylic acids is 1. The van der Waals surface area contributed by atoms with Crippen LogP contribution in [0, 0.1) is 0 Å². The molecule has 0 aromatic carbocycles. The molecule has 0 aromatic rings. The molecule has 0 radical (unpaired) electrons. The largest absolute Gasteiger partial charge is 0.389 e. The Morgan fingerprint density at radius 2 is 2.31 bits per heavy atom. The molecule has 0 fully saturated rings. The van der Waals surface area contributed by atoms with Crippen molar-refractivity contribution in [2.24, 2.45) is 0 Å². The number of aliphatic hydroxyl groups is 1. The van der Waals surface area contributed by atoms with Crippen molar-refractivity contribution < 1.29 is 14.7 Å². The predicted molar refractivity (Wildman–Crippen MR) is 49.7 cm³/mol. The van der Waals surface area contributed by atoms with Gasteiger partial charge in [0.1, 0.15) is 0 Å². The van der Waals surface area contributed by atoms with Gasteiger partial charge in [0.15, 0.2) is 0 Å². The van der Waals surface area contributed by atoms with Crippen molar-refractivity contribution in [3.05, 3.63) is 25.3 Å². The first-order chi connectivity index (χ1) is 6.20. The molecule has 0 aliphatic heterocycles. The van der Waals surface area contributed by atoms with E-state index < -0.39 is 6.10 Å². The maximum absolute atomic E-state index is 10.9. The van der Waals surface area contributed by atoms with Crippen molar-refractivity contribution in [2.45, 2.75) is 18.9 Å². The third kappa shape index (κ3) is 7.24. The van der Waals surface area contributed by atoms with Crippen LogP contribution in [-0.2, 0) is 9.63 Å². The number of nitrogens with one attached hydrogen (secondary N) is 1. The lowest BCUT2D eigenvalue weighted by atomic mass is 10.2. The average molecular weight is 185 g/mol. The quantitative estimate of drug-likeness (QED) is 0.346. The van der Waals surface area contributed by atoms with Crippen molar-refractivity contribution in [1.82, 2.24) is 5.48 Å². The first-order valence-electron chi connectivity index (χ1n) is 4.03. The Bertz CT molecular complexity index is 180. The fourth-order valence-electron chi connectivity index (χ4n) is 0.589. The lowest BCUT2D eigenvalue weighted by Crippen LogP contribution is -2.27. The summed E-state index contributed by atoms with van der Waals surface area (Å²) >= 11 is 0. The van der Waals surface area contributed by atoms with Crippen LogP contribution in [0.1, 0.15) is 12.8 Å². The molecule has 0 aliphatic carbocycles. The van der Waals surface area contributed by atoms with Crippen LogP contribution in [0.4, 0.5) is 0 Å². The van der Waals surface area contributed by atoms with Gasteiger partial charge in [-0.2, -0.15) is 0 Å². The van der Waals surface area contributed by atoms with Gasteiger partial charge >= 0.3 is 0 Å². The smallest absolute Gasteiger partial charge is 0.246 e. The number of rotatable bonds is 7. The normalized spacial score (nSPS) is 11.8. The van der Waals surface area contributed by atoms with E-state index in [9.17, 15) is 4.79 Å². The molecule has 0 rings (SSSR count). The average Bonchev–Trinajstić information content (AvgIpc) is 2.12. The summed E-state index contributed by atoms with van der Waals surface area (Å²) in [5.74, 6) is -0.364. The molecular formula is C9H15NO3. The van der Waals surface area contributed by atoms with E-state index in [2.05, 4.69) is 18.6 Å². The van der Waals surface area contributed by atoms with Crippen LogP contribution in [0.15, 0.2) is 25.3 Å². The first-order valence-corrected chi connectivity index (χ1v) is 4.03. The fourth-order valence-corrected chi connectivity index (χ4v) is 0.589. The molecule has 0 heterocycles. The molecule has 0 aromatic heterocycles. The minimum absolute atomic E-state index is 0.0302. The van der Waals surface area contributed by atoms with Crippen LogP contribution in [-0.4, -0.2) is 23.7 Å². The monoisotopic (exact) mass is 185 g/mol. The summed E-state index contributed by atoms with van der Waals surface area (Å²) in [6.07, 6.45) is 2.80. The number of hydroxylamine groups is 1. The second-order valence-corrected chi connectivity index (χ2v) is 2.46. The molecule has 0 saturated heterocycles. The highest BCUT2D eigenvalue weighted by atomic mass is 16.6. The minimum Gasteiger partial charge on any atom is -0.389 e. The van der Waals surface area contributed by atoms with E-state index in [4.69, 9.17) is 9.94 Å². The lowest BCUT2D eigenvalue weighted by molar-refractivity contribution is -0.134. The van der Waals surface area contributed by atoms with E-state index in [0.29, 0.717) is 13.0 Å². The van der Waals surface area contributed by atoms with Crippen molar-refractivity contribution in [3.63, 3.8) is 0 Å². The van der Waals surface area contributed by atoms with Gasteiger partial charge in [0.05, 0.1) is 19.1 Å². The van der Waals surface area contributed by atoms with Crippen LogP contribution in [0.25, 0.3) is 0 Å². The third-order valence-corrected chi connectivity index (χ3v) is 1.28. The maximum atomic E-state index is 10.9. The SMILES string of the molecule is C=CCCONC(=O)C[C@@H](O)C=C. The topological polar surface area (TPSA) is 58.6 Å². The van der Waals surface area contributed by atoms with E-state index in [-0.39, 0.29) is 12.3 Å². The Morgan fingerprint density at radius 3 is 2.85 bits per heavy atom. The summed E-state index contributed by atoms with van der Waals surface area (Å²) in [5.41, 5.74) is 2.19. The summed E-state index contributed by atoms with van der Waals surface area (Å²) in [4.78, 5) is 15.7. The molecule has 0 aliphatic rings. The zero-order chi connectivity index (χ0) is 10.1. The molecule has 2 N–H and O–H groups in total. The molecule has 0 saturated carbocycles. The van der Waals surface area contributed by atoms with E-state index in [1.807, 2.05) is 0 Å². The van der Waals surface area contributed by atoms with Gasteiger partial charge in [-0.3, -0.25) is 9.63 Å². The molecule has 4 nitrogen and oxygen atoms in total. The molecule has 13 heavy (non-hydrogen) atoms. The Hall–Kier alpha value is -1.13. The summed E-state index contributed by atoms with van der Waals surface area (Å²) in [5, 5.41) is 8.98. The zero-order valence-corrected chi connectivity index (χ0v) is 7.53. The molecule has 0 unspecified atom stereocenters. The molecule has 0 bridgehead atoms. The minimum atomic E-state index is -0.817. The van der Waals surface area contributed by atoms with Gasteiger partial charge in [-0.05, 0) is 6.42 Å². The van der Waals surface area contributed by atoms with Gasteiger partial charge in [-0.15, -0.1) is 13.2 Å². The number of carbonyl (C=O) groups is 1.